The Morgan fingerprint density at radius 1 is 0.964 bits per heavy atom. The Bertz CT molecular complexity index is 1370. The molecule has 2 aromatic carbocycles. The minimum absolute atomic E-state index is 0.372. The van der Waals surface area contributed by atoms with E-state index in [1.165, 1.54) is 11.6 Å². The molecule has 4 aromatic rings. The third-order valence-corrected chi connectivity index (χ3v) is 5.37. The van der Waals surface area contributed by atoms with E-state index in [0.29, 0.717) is 43.6 Å². The van der Waals surface area contributed by atoms with Gasteiger partial charge in [0.2, 0.25) is 0 Å². The maximum absolute atomic E-state index is 13.0. The molecule has 0 aliphatic rings. The fourth-order valence-corrected chi connectivity index (χ4v) is 3.88. The van der Waals surface area contributed by atoms with Gasteiger partial charge in [0.15, 0.2) is 0 Å². The van der Waals surface area contributed by atoms with Crippen molar-refractivity contribution < 1.29 is 0 Å². The van der Waals surface area contributed by atoms with Crippen molar-refractivity contribution in [3.8, 4) is 16.9 Å². The van der Waals surface area contributed by atoms with Crippen LogP contribution in [0.5, 0.6) is 0 Å². The number of nitrogens with two attached hydrogens (primary N) is 1. The average molecular weight is 415 g/mol. The highest BCUT2D eigenvalue weighted by molar-refractivity contribution is 6.36. The number of fused-ring (bicyclic) bond motifs is 1. The van der Waals surface area contributed by atoms with Crippen LogP contribution in [0.15, 0.2) is 58.3 Å². The van der Waals surface area contributed by atoms with E-state index in [4.69, 9.17) is 28.9 Å². The molecule has 0 aliphatic carbocycles. The molecule has 6 nitrogen and oxygen atoms in total. The fourth-order valence-electron chi connectivity index (χ4n) is 3.38. The number of halogens is 2. The van der Waals surface area contributed by atoms with Crippen molar-refractivity contribution in [3.63, 3.8) is 0 Å². The maximum atomic E-state index is 13.0. The first-order chi connectivity index (χ1) is 13.3. The average Bonchev–Trinajstić information content (AvgIpc) is 3.05. The van der Waals surface area contributed by atoms with Crippen molar-refractivity contribution >= 4 is 39.8 Å². The van der Waals surface area contributed by atoms with Crippen LogP contribution in [0.4, 0.5) is 5.69 Å². The quantitative estimate of drug-likeness (QED) is 0.509. The minimum atomic E-state index is -0.413. The van der Waals surface area contributed by atoms with Gasteiger partial charge < -0.3 is 10.3 Å². The zero-order valence-corrected chi connectivity index (χ0v) is 16.6. The first-order valence-electron chi connectivity index (χ1n) is 8.42. The van der Waals surface area contributed by atoms with Gasteiger partial charge in [-0.3, -0.25) is 13.9 Å². The van der Waals surface area contributed by atoms with Crippen LogP contribution < -0.4 is 17.0 Å². The maximum Gasteiger partial charge on any atom is 0.330 e. The van der Waals surface area contributed by atoms with Crippen LogP contribution in [0, 0.1) is 0 Å². The van der Waals surface area contributed by atoms with E-state index >= 15 is 0 Å². The number of nitrogen functional groups attached to an aromatic ring is 1. The normalized spacial score (nSPS) is 11.3. The molecular formula is C20H16Cl2N4O2. The molecule has 0 bridgehead atoms. The lowest BCUT2D eigenvalue weighted by atomic mass is 10.1. The van der Waals surface area contributed by atoms with E-state index in [2.05, 4.69) is 0 Å². The standard InChI is InChI=1S/C20H16Cl2N4O2/c1-24-16-10-26(15-6-4-3-5-14(15)23)18(12-8-7-11(21)9-13(12)22)17(16)19(27)25(2)20(24)28/h3-10H,23H2,1-2H3. The number of para-hydroxylation sites is 2. The second-order valence-corrected chi connectivity index (χ2v) is 7.34. The highest BCUT2D eigenvalue weighted by Crippen LogP contribution is 2.37. The summed E-state index contributed by atoms with van der Waals surface area (Å²) in [6.45, 7) is 0. The molecule has 28 heavy (non-hydrogen) atoms. The lowest BCUT2D eigenvalue weighted by Gasteiger charge is -2.13. The molecule has 2 aromatic heterocycles. The molecule has 0 spiro atoms. The number of aryl methyl sites for hydroxylation is 1. The Labute approximate surface area is 170 Å². The second-order valence-electron chi connectivity index (χ2n) is 6.50. The topological polar surface area (TPSA) is 75.0 Å². The van der Waals surface area contributed by atoms with Crippen LogP contribution in [0.3, 0.4) is 0 Å². The van der Waals surface area contributed by atoms with Crippen molar-refractivity contribution in [2.75, 3.05) is 5.73 Å². The third kappa shape index (κ3) is 2.65. The molecular weight excluding hydrogens is 399 g/mol. The summed E-state index contributed by atoms with van der Waals surface area (Å²) < 4.78 is 4.30. The van der Waals surface area contributed by atoms with E-state index in [0.717, 1.165) is 4.57 Å². The van der Waals surface area contributed by atoms with E-state index < -0.39 is 11.2 Å². The molecule has 0 unspecified atom stereocenters. The molecule has 2 heterocycles. The Balaban J connectivity index is 2.26. The van der Waals surface area contributed by atoms with Crippen LogP contribution in [-0.4, -0.2) is 13.7 Å². The monoisotopic (exact) mass is 414 g/mol. The van der Waals surface area contributed by atoms with Crippen LogP contribution in [0.1, 0.15) is 0 Å². The first kappa shape index (κ1) is 18.4. The fraction of sp³-hybridized carbons (Fsp3) is 0.100. The molecule has 4 rings (SSSR count). The zero-order chi connectivity index (χ0) is 20.2. The highest BCUT2D eigenvalue weighted by atomic mass is 35.5. The summed E-state index contributed by atoms with van der Waals surface area (Å²) in [6, 6.07) is 12.3. The Hall–Kier alpha value is -2.96. The summed E-state index contributed by atoms with van der Waals surface area (Å²) in [5.74, 6) is 0. The van der Waals surface area contributed by atoms with Crippen molar-refractivity contribution in [3.05, 3.63) is 79.5 Å². The molecule has 8 heteroatoms. The summed E-state index contributed by atoms with van der Waals surface area (Å²) in [7, 11) is 3.07. The summed E-state index contributed by atoms with van der Waals surface area (Å²) in [4.78, 5) is 25.5. The van der Waals surface area contributed by atoms with Crippen molar-refractivity contribution in [1.82, 2.24) is 13.7 Å². The van der Waals surface area contributed by atoms with Crippen LogP contribution >= 0.6 is 23.2 Å². The number of nitrogens with zero attached hydrogens (tertiary/aromatic N) is 3. The van der Waals surface area contributed by atoms with Crippen molar-refractivity contribution in [2.45, 2.75) is 0 Å². The van der Waals surface area contributed by atoms with Gasteiger partial charge in [0.05, 0.1) is 33.0 Å². The first-order valence-corrected chi connectivity index (χ1v) is 9.18. The van der Waals surface area contributed by atoms with Gasteiger partial charge in [-0.05, 0) is 30.3 Å². The predicted octanol–water partition coefficient (Wildman–Crippen LogP) is 3.58. The van der Waals surface area contributed by atoms with Crippen LogP contribution in [0.2, 0.25) is 10.0 Å². The zero-order valence-electron chi connectivity index (χ0n) is 15.1. The van der Waals surface area contributed by atoms with Gasteiger partial charge in [0.25, 0.3) is 5.56 Å². The molecule has 0 aliphatic heterocycles. The van der Waals surface area contributed by atoms with Gasteiger partial charge in [-0.2, -0.15) is 0 Å². The summed E-state index contributed by atoms with van der Waals surface area (Å²) in [5.41, 5.74) is 8.21. The van der Waals surface area contributed by atoms with Crippen LogP contribution in [0.25, 0.3) is 27.8 Å². The molecule has 0 amide bonds. The predicted molar refractivity (Wildman–Crippen MR) is 114 cm³/mol. The van der Waals surface area contributed by atoms with Gasteiger partial charge in [-0.15, -0.1) is 0 Å². The van der Waals surface area contributed by atoms with E-state index in [-0.39, 0.29) is 0 Å². The molecule has 0 saturated heterocycles. The number of hydrogen-bond donors (Lipinski definition) is 1. The van der Waals surface area contributed by atoms with Gasteiger partial charge >= 0.3 is 5.69 Å². The largest absolute Gasteiger partial charge is 0.397 e. The van der Waals surface area contributed by atoms with Gasteiger partial charge in [-0.25, -0.2) is 4.79 Å². The Kier molecular flexibility index (Phi) is 4.33. The summed E-state index contributed by atoms with van der Waals surface area (Å²) in [5, 5.41) is 1.24. The van der Waals surface area contributed by atoms with Crippen LogP contribution in [-0.2, 0) is 14.1 Å². The Morgan fingerprint density at radius 2 is 1.68 bits per heavy atom. The number of anilines is 1. The molecule has 2 N–H and O–H groups in total. The highest BCUT2D eigenvalue weighted by Gasteiger charge is 2.22. The van der Waals surface area contributed by atoms with Crippen molar-refractivity contribution in [2.24, 2.45) is 14.1 Å². The third-order valence-electron chi connectivity index (χ3n) is 4.82. The van der Waals surface area contributed by atoms with Crippen molar-refractivity contribution in [1.29, 1.82) is 0 Å². The molecule has 0 saturated carbocycles. The number of hydrogen-bond acceptors (Lipinski definition) is 3. The molecule has 142 valence electrons. The lowest BCUT2D eigenvalue weighted by Crippen LogP contribution is -2.36. The SMILES string of the molecule is Cn1c(=O)c2c(-c3ccc(Cl)cc3Cl)n(-c3ccccc3N)cc2n(C)c1=O. The number of rotatable bonds is 2. The summed E-state index contributed by atoms with van der Waals surface area (Å²) >= 11 is 12.5. The van der Waals surface area contributed by atoms with E-state index in [9.17, 15) is 9.59 Å². The van der Waals surface area contributed by atoms with Gasteiger partial charge in [0, 0.05) is 30.9 Å². The van der Waals surface area contributed by atoms with Gasteiger partial charge in [-0.1, -0.05) is 35.3 Å². The Morgan fingerprint density at radius 3 is 2.36 bits per heavy atom. The minimum Gasteiger partial charge on any atom is -0.397 e. The smallest absolute Gasteiger partial charge is 0.330 e. The summed E-state index contributed by atoms with van der Waals surface area (Å²) in [6.07, 6.45) is 1.73. The van der Waals surface area contributed by atoms with Gasteiger partial charge in [0.1, 0.15) is 0 Å². The van der Waals surface area contributed by atoms with E-state index in [1.807, 2.05) is 18.2 Å². The second kappa shape index (κ2) is 6.58. The molecule has 0 radical (unpaired) electrons. The number of benzene rings is 2. The van der Waals surface area contributed by atoms with E-state index in [1.54, 1.807) is 42.1 Å². The molecule has 0 fully saturated rings. The lowest BCUT2D eigenvalue weighted by molar-refractivity contribution is 0.714. The number of aromatic nitrogens is 3. The molecule has 0 atom stereocenters.